The fourth-order valence-corrected chi connectivity index (χ4v) is 13.2. The molecule has 2 saturated heterocycles. The normalized spacial score (nSPS) is 23.5. The van der Waals surface area contributed by atoms with Gasteiger partial charge < -0.3 is 52.3 Å². The molecule has 1 aromatic carbocycles. The molecule has 18 nitrogen and oxygen atoms in total. The molecule has 4 saturated carbocycles. The Hall–Kier alpha value is -5.10. The maximum absolute atomic E-state index is 14.4. The van der Waals surface area contributed by atoms with Gasteiger partial charge in [0.25, 0.3) is 11.8 Å². The quantitative estimate of drug-likeness (QED) is 0.0803. The van der Waals surface area contributed by atoms with E-state index >= 15 is 0 Å². The topological polar surface area (TPSA) is 239 Å². The maximum Gasteiger partial charge on any atom is 0.251 e. The molecule has 76 heavy (non-hydrogen) atoms. The first-order chi connectivity index (χ1) is 36.8. The molecule has 0 radical (unpaired) electrons. The number of carbonyl (C=O) groups is 8. The Bertz CT molecular complexity index is 1990. The van der Waals surface area contributed by atoms with E-state index in [9.17, 15) is 38.4 Å². The van der Waals surface area contributed by atoms with Gasteiger partial charge >= 0.3 is 0 Å². The second kappa shape index (κ2) is 29.0. The summed E-state index contributed by atoms with van der Waals surface area (Å²) in [5, 5.41) is 24.8. The third kappa shape index (κ3) is 15.6. The van der Waals surface area contributed by atoms with Crippen molar-refractivity contribution in [1.29, 1.82) is 0 Å². The van der Waals surface area contributed by atoms with Gasteiger partial charge in [0.1, 0.15) is 24.2 Å². The van der Waals surface area contributed by atoms with Crippen LogP contribution in [0.3, 0.4) is 0 Å². The molecule has 2 aliphatic heterocycles. The van der Waals surface area contributed by atoms with Crippen molar-refractivity contribution < 1.29 is 38.4 Å². The molecular weight excluding hydrogens is 965 g/mol. The lowest BCUT2D eigenvalue weighted by atomic mass is 9.83. The van der Waals surface area contributed by atoms with Crippen LogP contribution in [-0.2, 0) is 28.8 Å². The monoisotopic (exact) mass is 1060 g/mol. The predicted molar refractivity (Wildman–Crippen MR) is 292 cm³/mol. The Kier molecular flexibility index (Phi) is 22.4. The average Bonchev–Trinajstić information content (AvgIpc) is 4.18. The van der Waals surface area contributed by atoms with Crippen LogP contribution >= 0.6 is 0 Å². The highest BCUT2D eigenvalue weighted by Gasteiger charge is 2.44. The zero-order chi connectivity index (χ0) is 54.1. The molecule has 0 aromatic heterocycles. The molecule has 1 aromatic rings. The van der Waals surface area contributed by atoms with Crippen LogP contribution in [0.25, 0.3) is 0 Å². The van der Waals surface area contributed by atoms with E-state index in [1.54, 1.807) is 62.0 Å². The van der Waals surface area contributed by atoms with Gasteiger partial charge in [0.2, 0.25) is 35.4 Å². The summed E-state index contributed by atoms with van der Waals surface area (Å²) in [5.74, 6) is -1.84. The Labute approximate surface area is 452 Å². The molecule has 8 amide bonds. The highest BCUT2D eigenvalue weighted by atomic mass is 16.2. The van der Waals surface area contributed by atoms with Crippen molar-refractivity contribution in [1.82, 2.24) is 52.3 Å². The van der Waals surface area contributed by atoms with Gasteiger partial charge in [0.15, 0.2) is 0 Å². The number of likely N-dealkylation sites (tertiary alicyclic amines) is 2. The maximum atomic E-state index is 14.4. The Morgan fingerprint density at radius 3 is 1.14 bits per heavy atom. The van der Waals surface area contributed by atoms with Crippen LogP contribution < -0.4 is 42.5 Å². The number of benzene rings is 1. The lowest BCUT2D eigenvalue weighted by molar-refractivity contribution is -0.143. The van der Waals surface area contributed by atoms with E-state index < -0.39 is 36.3 Å². The number of nitrogens with one attached hydrogen (secondary N) is 8. The predicted octanol–water partition coefficient (Wildman–Crippen LogP) is 4.60. The Morgan fingerprint density at radius 2 is 0.803 bits per heavy atom. The number of amides is 8. The van der Waals surface area contributed by atoms with Crippen LogP contribution in [0.5, 0.6) is 0 Å². The van der Waals surface area contributed by atoms with Crippen LogP contribution in [-0.4, -0.2) is 146 Å². The van der Waals surface area contributed by atoms with Crippen molar-refractivity contribution in [2.24, 2.45) is 23.7 Å². The first-order valence-electron chi connectivity index (χ1n) is 29.6. The standard InChI is InChI=1S/C58H92N10O8/c1-37(59-3)51(69)65-49(41-24-13-7-14-25-41)57(75)67-32-18-30-47(67)55(73)63-45(39-20-9-5-10-21-39)35-61-53(71)43-28-17-29-44(34-43)54(72)62-36-46(40-22-11-6-12-23-40)64-56(74)48-31-19-33-68(48)58(76)50(42-26-15-8-16-27-42)66-52(70)38(2)60-4/h17,28-29,34,37-42,45-50,59-60H,5-16,18-27,30-33,35-36H2,1-4H3,(H,61,71)(H,62,72)(H,63,73)(H,64,74)(H,65,69)(H,66,70)/t37-,38-,45+,46+,47-,48-,49-,50-/m0/s1. The summed E-state index contributed by atoms with van der Waals surface area (Å²) in [5.41, 5.74) is 0.590. The van der Waals surface area contributed by atoms with E-state index in [2.05, 4.69) is 42.5 Å². The van der Waals surface area contributed by atoms with Gasteiger partial charge in [-0.05, 0) is 147 Å². The van der Waals surface area contributed by atoms with E-state index in [0.717, 1.165) is 128 Å². The SMILES string of the molecule is CN[C@@H](C)C(=O)N[C@H](C(=O)N1CCC[C@H]1C(=O)N[C@H](CNC(=O)c1cccc(C(=O)NC[C@@H](NC(=O)[C@@H]2CCCN2C(=O)[C@@H](NC(=O)[C@H](C)NC)C2CCCCC2)C2CCCCC2)c1)C1CCCCC1)C1CCCCC1. The van der Waals surface area contributed by atoms with Crippen LogP contribution in [0.15, 0.2) is 24.3 Å². The summed E-state index contributed by atoms with van der Waals surface area (Å²) < 4.78 is 0. The second-order valence-corrected chi connectivity index (χ2v) is 23.2. The van der Waals surface area contributed by atoms with Gasteiger partial charge in [0, 0.05) is 49.4 Å². The van der Waals surface area contributed by atoms with Gasteiger partial charge in [-0.25, -0.2) is 0 Å². The van der Waals surface area contributed by atoms with Gasteiger partial charge in [-0.15, -0.1) is 0 Å². The van der Waals surface area contributed by atoms with Gasteiger partial charge in [-0.1, -0.05) is 83.1 Å². The highest BCUT2D eigenvalue weighted by Crippen LogP contribution is 2.33. The minimum Gasteiger partial charge on any atom is -0.350 e. The molecule has 18 heteroatoms. The third-order valence-corrected chi connectivity index (χ3v) is 18.1. The number of likely N-dealkylation sites (N-methyl/N-ethyl adjacent to an activating group) is 2. The average molecular weight is 1060 g/mol. The third-order valence-electron chi connectivity index (χ3n) is 18.1. The fourth-order valence-electron chi connectivity index (χ4n) is 13.2. The fraction of sp³-hybridized carbons (Fsp3) is 0.759. The van der Waals surface area contributed by atoms with Crippen molar-refractivity contribution in [2.45, 2.75) is 216 Å². The molecule has 4 aliphatic carbocycles. The molecule has 0 unspecified atom stereocenters. The smallest absolute Gasteiger partial charge is 0.251 e. The van der Waals surface area contributed by atoms with Crippen molar-refractivity contribution in [3.05, 3.63) is 35.4 Å². The van der Waals surface area contributed by atoms with Crippen LogP contribution in [0.2, 0.25) is 0 Å². The van der Waals surface area contributed by atoms with Gasteiger partial charge in [-0.2, -0.15) is 0 Å². The summed E-state index contributed by atoms with van der Waals surface area (Å²) in [4.78, 5) is 115. The first-order valence-corrected chi connectivity index (χ1v) is 29.6. The molecule has 8 N–H and O–H groups in total. The summed E-state index contributed by atoms with van der Waals surface area (Å²) >= 11 is 0. The second-order valence-electron chi connectivity index (χ2n) is 23.2. The van der Waals surface area contributed by atoms with Crippen molar-refractivity contribution in [2.75, 3.05) is 40.3 Å². The molecule has 7 rings (SSSR count). The summed E-state index contributed by atoms with van der Waals surface area (Å²) in [7, 11) is 3.43. The summed E-state index contributed by atoms with van der Waals surface area (Å²) in [6.07, 6.45) is 21.9. The lowest BCUT2D eigenvalue weighted by Crippen LogP contribution is -2.59. The van der Waals surface area contributed by atoms with E-state index in [1.807, 2.05) is 0 Å². The zero-order valence-electron chi connectivity index (χ0n) is 46.2. The Balaban J connectivity index is 0.974. The van der Waals surface area contributed by atoms with E-state index in [4.69, 9.17) is 0 Å². The number of carbonyl (C=O) groups excluding carboxylic acids is 8. The van der Waals surface area contributed by atoms with Gasteiger partial charge in [0.05, 0.1) is 12.1 Å². The van der Waals surface area contributed by atoms with Crippen molar-refractivity contribution in [3.8, 4) is 0 Å². The molecule has 6 fully saturated rings. The van der Waals surface area contributed by atoms with Crippen LogP contribution in [0.4, 0.5) is 0 Å². The number of hydrogen-bond acceptors (Lipinski definition) is 10. The minimum absolute atomic E-state index is 0.00718. The van der Waals surface area contributed by atoms with Crippen LogP contribution in [0, 0.1) is 23.7 Å². The molecule has 2 heterocycles. The molecule has 422 valence electrons. The van der Waals surface area contributed by atoms with Gasteiger partial charge in [-0.3, -0.25) is 38.4 Å². The van der Waals surface area contributed by atoms with E-state index in [-0.39, 0.29) is 96.1 Å². The van der Waals surface area contributed by atoms with E-state index in [0.29, 0.717) is 49.9 Å². The minimum atomic E-state index is -0.700. The molecule has 6 aliphatic rings. The van der Waals surface area contributed by atoms with E-state index in [1.165, 1.54) is 0 Å². The first kappa shape index (κ1) is 58.6. The molecule has 8 atom stereocenters. The molecular formula is C58H92N10O8. The number of nitrogens with zero attached hydrogens (tertiary/aromatic N) is 2. The largest absolute Gasteiger partial charge is 0.350 e. The molecule has 0 bridgehead atoms. The Morgan fingerprint density at radius 1 is 0.461 bits per heavy atom. The van der Waals surface area contributed by atoms with Crippen LogP contribution in [0.1, 0.15) is 189 Å². The molecule has 0 spiro atoms. The number of hydrogen-bond donors (Lipinski definition) is 8. The summed E-state index contributed by atoms with van der Waals surface area (Å²) in [6.45, 7) is 4.75. The lowest BCUT2D eigenvalue weighted by Gasteiger charge is -2.36. The van der Waals surface area contributed by atoms with Crippen molar-refractivity contribution >= 4 is 47.3 Å². The summed E-state index contributed by atoms with van der Waals surface area (Å²) in [6, 6.07) is 2.10. The van der Waals surface area contributed by atoms with Crippen molar-refractivity contribution in [3.63, 3.8) is 0 Å². The number of rotatable bonds is 22. The highest BCUT2D eigenvalue weighted by molar-refractivity contribution is 6.00. The zero-order valence-corrected chi connectivity index (χ0v) is 46.2.